The third-order valence-corrected chi connectivity index (χ3v) is 11.6. The molecule has 3 unspecified atom stereocenters. The van der Waals surface area contributed by atoms with Crippen molar-refractivity contribution in [1.29, 1.82) is 0 Å². The van der Waals surface area contributed by atoms with E-state index in [1.54, 1.807) is 12.1 Å². The Bertz CT molecular complexity index is 1590. The Morgan fingerprint density at radius 1 is 0.857 bits per heavy atom. The molecule has 0 spiro atoms. The maximum atomic E-state index is 13.9. The molecular formula is C32H38N2O6S2. The van der Waals surface area contributed by atoms with Gasteiger partial charge in [0.25, 0.3) is 0 Å². The maximum absolute atomic E-state index is 13.9. The van der Waals surface area contributed by atoms with E-state index in [4.69, 9.17) is 13.5 Å². The summed E-state index contributed by atoms with van der Waals surface area (Å²) in [6, 6.07) is 24.7. The lowest BCUT2D eigenvalue weighted by Gasteiger charge is -2.50. The zero-order valence-corrected chi connectivity index (χ0v) is 25.4. The molecule has 0 saturated heterocycles. The van der Waals surface area contributed by atoms with Crippen LogP contribution in [0.1, 0.15) is 67.2 Å². The summed E-state index contributed by atoms with van der Waals surface area (Å²) in [5.41, 5.74) is 3.93. The SMILES string of the molecule is C[C@]12CCC3c4ccc(OS(N)(=O)=O)cc4CCC3C1CC[C@@H]2OS(=O)(=O)N(Cc1ccccc1)Cc1ccccc1. The Morgan fingerprint density at radius 2 is 1.50 bits per heavy atom. The number of rotatable bonds is 9. The molecule has 5 atom stereocenters. The fourth-order valence-corrected chi connectivity index (χ4v) is 9.57. The summed E-state index contributed by atoms with van der Waals surface area (Å²) in [4.78, 5) is 0. The third kappa shape index (κ3) is 6.01. The molecule has 0 bridgehead atoms. The average Bonchev–Trinajstić information content (AvgIpc) is 3.28. The van der Waals surface area contributed by atoms with Crippen LogP contribution in [0.2, 0.25) is 0 Å². The Kier molecular flexibility index (Phi) is 7.95. The number of benzene rings is 3. The van der Waals surface area contributed by atoms with Gasteiger partial charge in [0.1, 0.15) is 5.75 Å². The second-order valence-electron chi connectivity index (χ2n) is 12.3. The Labute approximate surface area is 249 Å². The highest BCUT2D eigenvalue weighted by Gasteiger charge is 2.56. The van der Waals surface area contributed by atoms with E-state index >= 15 is 0 Å². The first-order valence-corrected chi connectivity index (χ1v) is 17.5. The van der Waals surface area contributed by atoms with Gasteiger partial charge in [0.15, 0.2) is 0 Å². The van der Waals surface area contributed by atoms with E-state index in [9.17, 15) is 16.8 Å². The Hall–Kier alpha value is -2.76. The fourth-order valence-electron chi connectivity index (χ4n) is 7.85. The smallest absolute Gasteiger partial charge is 0.371 e. The van der Waals surface area contributed by atoms with Crippen LogP contribution < -0.4 is 9.32 Å². The van der Waals surface area contributed by atoms with Crippen molar-refractivity contribution in [3.05, 3.63) is 101 Å². The van der Waals surface area contributed by atoms with Crippen molar-refractivity contribution < 1.29 is 25.2 Å². The van der Waals surface area contributed by atoms with E-state index in [0.717, 1.165) is 48.8 Å². The molecule has 2 fully saturated rings. The summed E-state index contributed by atoms with van der Waals surface area (Å²) in [6.45, 7) is 2.70. The lowest BCUT2D eigenvalue weighted by molar-refractivity contribution is -0.0114. The van der Waals surface area contributed by atoms with Gasteiger partial charge in [-0.25, -0.2) is 0 Å². The van der Waals surface area contributed by atoms with Gasteiger partial charge in [-0.3, -0.25) is 4.18 Å². The van der Waals surface area contributed by atoms with Crippen LogP contribution >= 0.6 is 0 Å². The summed E-state index contributed by atoms with van der Waals surface area (Å²) in [5, 5.41) is 5.07. The molecule has 2 N–H and O–H groups in total. The van der Waals surface area contributed by atoms with Crippen LogP contribution in [-0.2, 0) is 44.3 Å². The van der Waals surface area contributed by atoms with Crippen molar-refractivity contribution in [2.45, 2.75) is 70.6 Å². The lowest BCUT2D eigenvalue weighted by atomic mass is 9.55. The highest BCUT2D eigenvalue weighted by atomic mass is 32.2. The lowest BCUT2D eigenvalue weighted by Crippen LogP contribution is -2.46. The minimum atomic E-state index is -4.08. The summed E-state index contributed by atoms with van der Waals surface area (Å²) >= 11 is 0. The van der Waals surface area contributed by atoms with Crippen molar-refractivity contribution in [2.24, 2.45) is 22.4 Å². The van der Waals surface area contributed by atoms with Gasteiger partial charge in [-0.1, -0.05) is 73.7 Å². The standard InChI is InChI=1S/C32H38N2O6S2/c1-32-19-18-28-27-15-13-26(39-41(33,35)36)20-25(27)12-14-29(28)30(32)16-17-31(32)40-42(37,38)34(21-23-8-4-2-5-9-23)22-24-10-6-3-7-11-24/h2-11,13,15,20,28-31H,12,14,16-19,21-22H2,1H3,(H2,33,35,36)/t28?,29?,30?,31-,32-/m0/s1. The third-order valence-electron chi connectivity index (χ3n) is 9.78. The molecule has 6 rings (SSSR count). The Balaban J connectivity index is 1.21. The van der Waals surface area contributed by atoms with E-state index in [1.165, 1.54) is 9.87 Å². The fraction of sp³-hybridized carbons (Fsp3) is 0.438. The van der Waals surface area contributed by atoms with Gasteiger partial charge >= 0.3 is 20.6 Å². The molecule has 3 aromatic rings. The number of aryl methyl sites for hydroxylation is 1. The predicted octanol–water partition coefficient (Wildman–Crippen LogP) is 5.46. The van der Waals surface area contributed by atoms with Gasteiger partial charge in [-0.15, -0.1) is 0 Å². The number of hydrogen-bond donors (Lipinski definition) is 1. The van der Waals surface area contributed by atoms with Crippen LogP contribution in [0, 0.1) is 17.3 Å². The normalized spacial score (nSPS) is 27.2. The number of nitrogens with two attached hydrogens (primary N) is 1. The van der Waals surface area contributed by atoms with Gasteiger partial charge in [0, 0.05) is 13.1 Å². The van der Waals surface area contributed by atoms with Crippen molar-refractivity contribution in [1.82, 2.24) is 4.31 Å². The van der Waals surface area contributed by atoms with E-state index < -0.39 is 20.6 Å². The van der Waals surface area contributed by atoms with Crippen LogP contribution in [0.5, 0.6) is 5.75 Å². The first-order chi connectivity index (χ1) is 20.0. The molecule has 0 heterocycles. The van der Waals surface area contributed by atoms with Gasteiger partial charge in [-0.2, -0.15) is 26.3 Å². The molecule has 0 aliphatic heterocycles. The second kappa shape index (κ2) is 11.4. The summed E-state index contributed by atoms with van der Waals surface area (Å²) in [6.07, 6.45) is 4.83. The largest absolute Gasteiger partial charge is 0.380 e. The quantitative estimate of drug-likeness (QED) is 0.344. The van der Waals surface area contributed by atoms with E-state index in [2.05, 4.69) is 6.92 Å². The van der Waals surface area contributed by atoms with Gasteiger partial charge in [-0.05, 0) is 96.1 Å². The molecule has 3 aliphatic carbocycles. The topological polar surface area (TPSA) is 116 Å². The van der Waals surface area contributed by atoms with Crippen molar-refractivity contribution in [3.63, 3.8) is 0 Å². The van der Waals surface area contributed by atoms with Crippen LogP contribution in [0.25, 0.3) is 0 Å². The average molecular weight is 611 g/mol. The highest BCUT2D eigenvalue weighted by molar-refractivity contribution is 7.84. The van der Waals surface area contributed by atoms with Crippen LogP contribution in [0.4, 0.5) is 0 Å². The van der Waals surface area contributed by atoms with E-state index in [-0.39, 0.29) is 30.4 Å². The second-order valence-corrected chi connectivity index (χ2v) is 15.0. The Morgan fingerprint density at radius 3 is 2.12 bits per heavy atom. The zero-order valence-electron chi connectivity index (χ0n) is 23.8. The molecule has 3 aromatic carbocycles. The summed E-state index contributed by atoms with van der Waals surface area (Å²) in [7, 11) is -8.10. The molecule has 0 radical (unpaired) electrons. The molecule has 2 saturated carbocycles. The molecule has 224 valence electrons. The maximum Gasteiger partial charge on any atom is 0.380 e. The predicted molar refractivity (Wildman–Crippen MR) is 161 cm³/mol. The molecular weight excluding hydrogens is 572 g/mol. The zero-order chi connectivity index (χ0) is 29.5. The molecule has 10 heteroatoms. The van der Waals surface area contributed by atoms with Crippen molar-refractivity contribution in [3.8, 4) is 5.75 Å². The van der Waals surface area contributed by atoms with Crippen molar-refractivity contribution >= 4 is 20.6 Å². The molecule has 0 aromatic heterocycles. The summed E-state index contributed by atoms with van der Waals surface area (Å²) in [5.74, 6) is 1.35. The van der Waals surface area contributed by atoms with Gasteiger partial charge < -0.3 is 4.18 Å². The number of nitrogens with zero attached hydrogens (tertiary/aromatic N) is 1. The van der Waals surface area contributed by atoms with Crippen LogP contribution in [0.15, 0.2) is 78.9 Å². The van der Waals surface area contributed by atoms with Crippen LogP contribution in [-0.4, -0.2) is 27.2 Å². The van der Waals surface area contributed by atoms with E-state index in [0.29, 0.717) is 24.2 Å². The van der Waals surface area contributed by atoms with Gasteiger partial charge in [0.2, 0.25) is 0 Å². The molecule has 42 heavy (non-hydrogen) atoms. The van der Waals surface area contributed by atoms with Gasteiger partial charge in [0.05, 0.1) is 6.10 Å². The first kappa shape index (κ1) is 29.3. The highest BCUT2D eigenvalue weighted by Crippen LogP contribution is 2.62. The van der Waals surface area contributed by atoms with E-state index in [1.807, 2.05) is 66.7 Å². The molecule has 0 amide bonds. The van der Waals surface area contributed by atoms with Crippen molar-refractivity contribution in [2.75, 3.05) is 0 Å². The number of fused-ring (bicyclic) bond motifs is 5. The molecule has 3 aliphatic rings. The first-order valence-electron chi connectivity index (χ1n) is 14.6. The summed E-state index contributed by atoms with van der Waals surface area (Å²) < 4.78 is 63.3. The minimum absolute atomic E-state index is 0.240. The molecule has 8 nitrogen and oxygen atoms in total. The minimum Gasteiger partial charge on any atom is -0.371 e. The monoisotopic (exact) mass is 610 g/mol. The van der Waals surface area contributed by atoms with Crippen LogP contribution in [0.3, 0.4) is 0 Å². The number of hydrogen-bond acceptors (Lipinski definition) is 6.